The van der Waals surface area contributed by atoms with Gasteiger partial charge < -0.3 is 15.0 Å². The molecule has 0 fully saturated rings. The maximum absolute atomic E-state index is 14.1. The Labute approximate surface area is 245 Å². The molecule has 3 aromatic carbocycles. The van der Waals surface area contributed by atoms with E-state index >= 15 is 0 Å². The Kier molecular flexibility index (Phi) is 11.2. The molecule has 0 aliphatic rings. The van der Waals surface area contributed by atoms with E-state index in [2.05, 4.69) is 5.32 Å². The number of para-hydroxylation sites is 2. The average Bonchev–Trinajstić information content (AvgIpc) is 2.94. The maximum Gasteiger partial charge on any atom is 0.264 e. The van der Waals surface area contributed by atoms with Crippen LogP contribution in [0.1, 0.15) is 32.8 Å². The van der Waals surface area contributed by atoms with Gasteiger partial charge in [0.1, 0.15) is 18.3 Å². The van der Waals surface area contributed by atoms with E-state index in [4.69, 9.17) is 27.9 Å². The lowest BCUT2D eigenvalue weighted by molar-refractivity contribution is -0.140. The molecule has 0 bridgehead atoms. The second-order valence-corrected chi connectivity index (χ2v) is 11.5. The Morgan fingerprint density at radius 3 is 2.25 bits per heavy atom. The first-order valence-electron chi connectivity index (χ1n) is 12.9. The average molecular weight is 607 g/mol. The fraction of sp³-hybridized carbons (Fsp3) is 0.310. The Bertz CT molecular complexity index is 1420. The molecule has 0 saturated carbocycles. The van der Waals surface area contributed by atoms with Crippen molar-refractivity contribution >= 4 is 50.7 Å². The van der Waals surface area contributed by atoms with Gasteiger partial charge in [0.25, 0.3) is 10.0 Å². The minimum absolute atomic E-state index is 0.0113. The van der Waals surface area contributed by atoms with E-state index in [1.54, 1.807) is 81.4 Å². The van der Waals surface area contributed by atoms with Gasteiger partial charge in [-0.25, -0.2) is 8.42 Å². The van der Waals surface area contributed by atoms with Gasteiger partial charge in [0.15, 0.2) is 0 Å². The van der Waals surface area contributed by atoms with Gasteiger partial charge in [0, 0.05) is 23.1 Å². The summed E-state index contributed by atoms with van der Waals surface area (Å²) in [5, 5.41) is 3.52. The van der Waals surface area contributed by atoms with Crippen LogP contribution in [0.4, 0.5) is 5.69 Å². The highest BCUT2D eigenvalue weighted by molar-refractivity contribution is 7.92. The quantitative estimate of drug-likeness (QED) is 0.276. The number of carbonyl (C=O) groups is 2. The molecule has 214 valence electrons. The summed E-state index contributed by atoms with van der Waals surface area (Å²) in [7, 11) is -4.21. The molecular formula is C29H33Cl2N3O5S. The highest BCUT2D eigenvalue weighted by Gasteiger charge is 2.34. The summed E-state index contributed by atoms with van der Waals surface area (Å²) in [5.74, 6) is -0.633. The van der Waals surface area contributed by atoms with Gasteiger partial charge in [-0.15, -0.1) is 0 Å². The number of carbonyl (C=O) groups excluding carboxylic acids is 2. The van der Waals surface area contributed by atoms with E-state index in [-0.39, 0.29) is 23.0 Å². The molecule has 11 heteroatoms. The van der Waals surface area contributed by atoms with Crippen molar-refractivity contribution in [3.05, 3.63) is 88.4 Å². The van der Waals surface area contributed by atoms with Crippen molar-refractivity contribution in [2.24, 2.45) is 0 Å². The Morgan fingerprint density at radius 1 is 0.950 bits per heavy atom. The van der Waals surface area contributed by atoms with Crippen molar-refractivity contribution in [2.45, 2.75) is 44.7 Å². The molecule has 3 rings (SSSR count). The fourth-order valence-corrected chi connectivity index (χ4v) is 6.13. The predicted octanol–water partition coefficient (Wildman–Crippen LogP) is 5.53. The fourth-order valence-electron chi connectivity index (χ4n) is 4.22. The van der Waals surface area contributed by atoms with Gasteiger partial charge in [0.05, 0.1) is 17.2 Å². The van der Waals surface area contributed by atoms with Crippen molar-refractivity contribution in [1.29, 1.82) is 0 Å². The minimum Gasteiger partial charge on any atom is -0.492 e. The standard InChI is InChI=1S/C29H33Cl2N3O5S/c1-4-25(29(36)32-5-2)33(19-21-16-17-22(30)18-24(21)31)28(35)20-34(26-14-10-11-15-27(26)39-6-3)40(37,38)23-12-8-7-9-13-23/h7-18,25H,4-6,19-20H2,1-3H3,(H,32,36)/t25-/m0/s1. The topological polar surface area (TPSA) is 96.0 Å². The number of hydrogen-bond acceptors (Lipinski definition) is 5. The largest absolute Gasteiger partial charge is 0.492 e. The minimum atomic E-state index is -4.21. The van der Waals surface area contributed by atoms with Gasteiger partial charge >= 0.3 is 0 Å². The van der Waals surface area contributed by atoms with E-state index in [0.717, 1.165) is 4.31 Å². The van der Waals surface area contributed by atoms with Gasteiger partial charge in [-0.1, -0.05) is 66.5 Å². The van der Waals surface area contributed by atoms with Crippen LogP contribution < -0.4 is 14.4 Å². The third kappa shape index (κ3) is 7.47. The SMILES string of the molecule is CCNC(=O)[C@H](CC)N(Cc1ccc(Cl)cc1Cl)C(=O)CN(c1ccccc1OCC)S(=O)(=O)c1ccccc1. The maximum atomic E-state index is 14.1. The smallest absolute Gasteiger partial charge is 0.264 e. The normalized spacial score (nSPS) is 11.9. The third-order valence-corrected chi connectivity index (χ3v) is 8.50. The lowest BCUT2D eigenvalue weighted by Gasteiger charge is -2.33. The monoisotopic (exact) mass is 605 g/mol. The number of ether oxygens (including phenoxy) is 1. The summed E-state index contributed by atoms with van der Waals surface area (Å²) < 4.78 is 34.7. The molecule has 0 spiro atoms. The Hall–Kier alpha value is -3.27. The molecule has 0 aromatic heterocycles. The van der Waals surface area contributed by atoms with Gasteiger partial charge in [0.2, 0.25) is 11.8 Å². The van der Waals surface area contributed by atoms with Crippen LogP contribution in [-0.2, 0) is 26.2 Å². The van der Waals surface area contributed by atoms with Crippen LogP contribution in [0.15, 0.2) is 77.7 Å². The van der Waals surface area contributed by atoms with E-state index in [1.165, 1.54) is 17.0 Å². The first-order chi connectivity index (χ1) is 19.1. The summed E-state index contributed by atoms with van der Waals surface area (Å²) in [5.41, 5.74) is 0.770. The zero-order valence-electron chi connectivity index (χ0n) is 22.6. The summed E-state index contributed by atoms with van der Waals surface area (Å²) >= 11 is 12.5. The van der Waals surface area contributed by atoms with Gasteiger partial charge in [-0.2, -0.15) is 0 Å². The van der Waals surface area contributed by atoms with Crippen LogP contribution in [0.2, 0.25) is 10.0 Å². The van der Waals surface area contributed by atoms with Crippen molar-refractivity contribution in [3.8, 4) is 5.75 Å². The molecule has 0 aliphatic heterocycles. The van der Waals surface area contributed by atoms with E-state index in [1.807, 2.05) is 0 Å². The number of likely N-dealkylation sites (N-methyl/N-ethyl adjacent to an activating group) is 1. The molecule has 40 heavy (non-hydrogen) atoms. The Balaban J connectivity index is 2.12. The number of benzene rings is 3. The lowest BCUT2D eigenvalue weighted by Crippen LogP contribution is -2.52. The van der Waals surface area contributed by atoms with Crippen LogP contribution in [0.3, 0.4) is 0 Å². The molecule has 2 amide bonds. The van der Waals surface area contributed by atoms with Crippen LogP contribution >= 0.6 is 23.2 Å². The van der Waals surface area contributed by atoms with Gasteiger partial charge in [-0.3, -0.25) is 13.9 Å². The third-order valence-electron chi connectivity index (χ3n) is 6.14. The van der Waals surface area contributed by atoms with Crippen molar-refractivity contribution < 1.29 is 22.7 Å². The van der Waals surface area contributed by atoms with Crippen molar-refractivity contribution in [3.63, 3.8) is 0 Å². The summed E-state index contributed by atoms with van der Waals surface area (Å²) in [6.07, 6.45) is 0.295. The second-order valence-electron chi connectivity index (χ2n) is 8.80. The number of nitrogens with one attached hydrogen (secondary N) is 1. The molecule has 0 heterocycles. The zero-order chi connectivity index (χ0) is 29.3. The van der Waals surface area contributed by atoms with E-state index in [0.29, 0.717) is 40.9 Å². The summed E-state index contributed by atoms with van der Waals surface area (Å²) in [6.45, 7) is 5.40. The first-order valence-corrected chi connectivity index (χ1v) is 15.1. The molecule has 0 aliphatic carbocycles. The van der Waals surface area contributed by atoms with E-state index in [9.17, 15) is 18.0 Å². The summed E-state index contributed by atoms with van der Waals surface area (Å²) in [4.78, 5) is 28.5. The van der Waals surface area contributed by atoms with Crippen LogP contribution in [0.25, 0.3) is 0 Å². The lowest BCUT2D eigenvalue weighted by atomic mass is 10.1. The molecule has 1 atom stereocenters. The van der Waals surface area contributed by atoms with Crippen LogP contribution in [0, 0.1) is 0 Å². The predicted molar refractivity (Wildman–Crippen MR) is 158 cm³/mol. The molecule has 0 saturated heterocycles. The molecule has 0 radical (unpaired) electrons. The number of hydrogen-bond donors (Lipinski definition) is 1. The number of sulfonamides is 1. The number of nitrogens with zero attached hydrogens (tertiary/aromatic N) is 2. The number of anilines is 1. The summed E-state index contributed by atoms with van der Waals surface area (Å²) in [6, 6.07) is 18.5. The molecule has 3 aromatic rings. The van der Waals surface area contributed by atoms with Crippen LogP contribution in [0.5, 0.6) is 5.75 Å². The highest BCUT2D eigenvalue weighted by Crippen LogP contribution is 2.33. The Morgan fingerprint density at radius 2 is 1.62 bits per heavy atom. The molecule has 1 N–H and O–H groups in total. The number of halogens is 2. The highest BCUT2D eigenvalue weighted by atomic mass is 35.5. The number of amides is 2. The van der Waals surface area contributed by atoms with E-state index < -0.39 is 28.5 Å². The van der Waals surface area contributed by atoms with Gasteiger partial charge in [-0.05, 0) is 62.2 Å². The van der Waals surface area contributed by atoms with Crippen LogP contribution in [-0.4, -0.2) is 50.9 Å². The first kappa shape index (κ1) is 31.3. The second kappa shape index (κ2) is 14.4. The molecule has 8 nitrogen and oxygen atoms in total. The van der Waals surface area contributed by atoms with Crippen molar-refractivity contribution in [1.82, 2.24) is 10.2 Å². The zero-order valence-corrected chi connectivity index (χ0v) is 25.0. The molecular weight excluding hydrogens is 573 g/mol. The molecule has 0 unspecified atom stereocenters. The van der Waals surface area contributed by atoms with Crippen molar-refractivity contribution in [2.75, 3.05) is 24.0 Å². The number of rotatable bonds is 13.